The summed E-state index contributed by atoms with van der Waals surface area (Å²) in [4.78, 5) is 21.0. The molecule has 1 amide bonds. The average molecular weight is 428 g/mol. The van der Waals surface area contributed by atoms with Crippen LogP contribution in [0.25, 0.3) is 0 Å². The number of amides is 1. The zero-order valence-electron chi connectivity index (χ0n) is 16.8. The van der Waals surface area contributed by atoms with E-state index >= 15 is 0 Å². The molecule has 2 fully saturated rings. The van der Waals surface area contributed by atoms with E-state index in [4.69, 9.17) is 16.4 Å². The predicted molar refractivity (Wildman–Crippen MR) is 114 cm³/mol. The van der Waals surface area contributed by atoms with Gasteiger partial charge >= 0.3 is 0 Å². The van der Waals surface area contributed by atoms with Crippen LogP contribution in [0.15, 0.2) is 36.4 Å². The van der Waals surface area contributed by atoms with Crippen LogP contribution in [-0.4, -0.2) is 53.5 Å². The van der Waals surface area contributed by atoms with E-state index in [0.717, 1.165) is 51.1 Å². The number of hydrogen-bond acceptors (Lipinski definition) is 6. The summed E-state index contributed by atoms with van der Waals surface area (Å²) in [6.07, 6.45) is 3.59. The van der Waals surface area contributed by atoms with Crippen LogP contribution < -0.4 is 10.2 Å². The molecule has 0 aliphatic carbocycles. The molecule has 3 aliphatic heterocycles. The highest BCUT2D eigenvalue weighted by Gasteiger charge is 2.38. The maximum atomic E-state index is 12.7. The van der Waals surface area contributed by atoms with Gasteiger partial charge in [0.2, 0.25) is 5.91 Å². The molecule has 158 valence electrons. The molecule has 1 N–H and O–H groups in total. The van der Waals surface area contributed by atoms with Crippen molar-refractivity contribution < 1.29 is 9.63 Å². The Morgan fingerprint density at radius 1 is 1.13 bits per heavy atom. The molecule has 2 atom stereocenters. The van der Waals surface area contributed by atoms with Crippen molar-refractivity contribution in [2.75, 3.05) is 31.1 Å². The number of nitrogens with zero attached hydrogens (tertiary/aromatic N) is 4. The molecule has 0 bridgehead atoms. The third kappa shape index (κ3) is 4.02. The maximum absolute atomic E-state index is 12.7. The molecule has 2 unspecified atom stereocenters. The number of anilines is 1. The zero-order valence-corrected chi connectivity index (χ0v) is 17.6. The smallest absolute Gasteiger partial charge is 0.223 e. The van der Waals surface area contributed by atoms with Crippen LogP contribution in [-0.2, 0) is 16.1 Å². The minimum absolute atomic E-state index is 0.0335. The Bertz CT molecular complexity index is 901. The number of rotatable bonds is 4. The van der Waals surface area contributed by atoms with E-state index in [9.17, 15) is 4.79 Å². The monoisotopic (exact) mass is 427 g/mol. The molecule has 4 heterocycles. The summed E-state index contributed by atoms with van der Waals surface area (Å²) in [7, 11) is 0. The summed E-state index contributed by atoms with van der Waals surface area (Å²) < 4.78 is 0. The highest BCUT2D eigenvalue weighted by molar-refractivity contribution is 6.29. The SMILES string of the molecule is O=C(NCC1CC2c3ccccc3CCN2O1)C1CCN(c2ccc(Cl)nn2)CC1. The molecule has 1 aromatic heterocycles. The number of fused-ring (bicyclic) bond motifs is 3. The summed E-state index contributed by atoms with van der Waals surface area (Å²) in [6.45, 7) is 3.07. The number of halogens is 1. The number of hydroxylamine groups is 2. The van der Waals surface area contributed by atoms with Gasteiger partial charge in [0.15, 0.2) is 11.0 Å². The van der Waals surface area contributed by atoms with Crippen LogP contribution in [0.2, 0.25) is 5.15 Å². The van der Waals surface area contributed by atoms with E-state index in [1.54, 1.807) is 6.07 Å². The minimum Gasteiger partial charge on any atom is -0.355 e. The Labute approximate surface area is 181 Å². The Balaban J connectivity index is 1.10. The van der Waals surface area contributed by atoms with E-state index in [2.05, 4.69) is 49.7 Å². The van der Waals surface area contributed by atoms with Gasteiger partial charge in [-0.15, -0.1) is 10.2 Å². The molecule has 2 aromatic rings. The van der Waals surface area contributed by atoms with Crippen molar-refractivity contribution in [3.63, 3.8) is 0 Å². The molecule has 8 heteroatoms. The van der Waals surface area contributed by atoms with Crippen LogP contribution in [0.1, 0.15) is 36.4 Å². The third-order valence-corrected chi connectivity index (χ3v) is 6.65. The molecule has 7 nitrogen and oxygen atoms in total. The summed E-state index contributed by atoms with van der Waals surface area (Å²) in [5, 5.41) is 13.7. The van der Waals surface area contributed by atoms with Crippen LogP contribution in [0, 0.1) is 5.92 Å². The van der Waals surface area contributed by atoms with Gasteiger partial charge in [0, 0.05) is 32.1 Å². The fraction of sp³-hybridized carbons (Fsp3) is 0.500. The molecule has 30 heavy (non-hydrogen) atoms. The van der Waals surface area contributed by atoms with Gasteiger partial charge in [-0.05, 0) is 48.9 Å². The quantitative estimate of drug-likeness (QED) is 0.809. The first kappa shape index (κ1) is 19.7. The first-order valence-electron chi connectivity index (χ1n) is 10.7. The number of carbonyl (C=O) groups is 1. The Kier molecular flexibility index (Phi) is 5.58. The van der Waals surface area contributed by atoms with Crippen LogP contribution in [0.3, 0.4) is 0 Å². The maximum Gasteiger partial charge on any atom is 0.223 e. The number of hydrogen-bond donors (Lipinski definition) is 1. The van der Waals surface area contributed by atoms with Gasteiger partial charge in [-0.3, -0.25) is 9.63 Å². The lowest BCUT2D eigenvalue weighted by Crippen LogP contribution is -2.42. The molecular weight excluding hydrogens is 402 g/mol. The van der Waals surface area contributed by atoms with Crippen LogP contribution in [0.5, 0.6) is 0 Å². The zero-order chi connectivity index (χ0) is 20.5. The van der Waals surface area contributed by atoms with Gasteiger partial charge in [-0.25, -0.2) is 0 Å². The van der Waals surface area contributed by atoms with Gasteiger partial charge in [0.1, 0.15) is 0 Å². The lowest BCUT2D eigenvalue weighted by molar-refractivity contribution is -0.165. The summed E-state index contributed by atoms with van der Waals surface area (Å²) in [5.74, 6) is 0.978. The largest absolute Gasteiger partial charge is 0.355 e. The number of piperidine rings is 1. The number of aromatic nitrogens is 2. The lowest BCUT2D eigenvalue weighted by atomic mass is 9.91. The molecular formula is C22H26ClN5O2. The predicted octanol–water partition coefficient (Wildman–Crippen LogP) is 2.77. The first-order valence-corrected chi connectivity index (χ1v) is 11.1. The molecule has 0 saturated carbocycles. The van der Waals surface area contributed by atoms with Gasteiger partial charge in [-0.2, -0.15) is 5.06 Å². The van der Waals surface area contributed by atoms with E-state index in [-0.39, 0.29) is 17.9 Å². The molecule has 3 aliphatic rings. The van der Waals surface area contributed by atoms with Gasteiger partial charge in [0.05, 0.1) is 12.1 Å². The van der Waals surface area contributed by atoms with Crippen molar-refractivity contribution >= 4 is 23.3 Å². The Hall–Kier alpha value is -2.22. The fourth-order valence-corrected chi connectivity index (χ4v) is 4.91. The van der Waals surface area contributed by atoms with Crippen LogP contribution >= 0.6 is 11.6 Å². The fourth-order valence-electron chi connectivity index (χ4n) is 4.81. The van der Waals surface area contributed by atoms with Gasteiger partial charge < -0.3 is 10.2 Å². The third-order valence-electron chi connectivity index (χ3n) is 6.45. The minimum atomic E-state index is 0.0335. The van der Waals surface area contributed by atoms with Crippen molar-refractivity contribution in [3.8, 4) is 0 Å². The van der Waals surface area contributed by atoms with Gasteiger partial charge in [0.25, 0.3) is 0 Å². The van der Waals surface area contributed by atoms with E-state index in [1.807, 2.05) is 6.07 Å². The summed E-state index contributed by atoms with van der Waals surface area (Å²) >= 11 is 5.81. The van der Waals surface area contributed by atoms with Crippen molar-refractivity contribution in [1.29, 1.82) is 0 Å². The second kappa shape index (κ2) is 8.49. The molecule has 5 rings (SSSR count). The van der Waals surface area contributed by atoms with Crippen LogP contribution in [0.4, 0.5) is 5.82 Å². The van der Waals surface area contributed by atoms with Crippen molar-refractivity contribution in [3.05, 3.63) is 52.7 Å². The number of carbonyl (C=O) groups excluding carboxylic acids is 1. The number of benzene rings is 1. The van der Waals surface area contributed by atoms with Crippen molar-refractivity contribution in [2.45, 2.75) is 37.8 Å². The van der Waals surface area contributed by atoms with E-state index < -0.39 is 0 Å². The standard InChI is InChI=1S/C22H26ClN5O2/c23-20-5-6-21(26-25-20)27-10-7-16(8-11-27)22(29)24-14-17-13-19-18-4-2-1-3-15(18)9-12-28(19)30-17/h1-6,16-17,19H,7-14H2,(H,24,29). The molecule has 1 aromatic carbocycles. The second-order valence-corrected chi connectivity index (χ2v) is 8.68. The number of nitrogens with one attached hydrogen (secondary N) is 1. The second-order valence-electron chi connectivity index (χ2n) is 8.29. The van der Waals surface area contributed by atoms with E-state index in [1.165, 1.54) is 11.1 Å². The molecule has 0 spiro atoms. The molecule has 0 radical (unpaired) electrons. The topological polar surface area (TPSA) is 70.6 Å². The van der Waals surface area contributed by atoms with Gasteiger partial charge in [-0.1, -0.05) is 35.9 Å². The highest BCUT2D eigenvalue weighted by atomic mass is 35.5. The van der Waals surface area contributed by atoms with Crippen molar-refractivity contribution in [1.82, 2.24) is 20.6 Å². The molecule has 2 saturated heterocycles. The Morgan fingerprint density at radius 2 is 1.97 bits per heavy atom. The normalized spacial score (nSPS) is 24.4. The Morgan fingerprint density at radius 3 is 2.77 bits per heavy atom. The average Bonchev–Trinajstić information content (AvgIpc) is 3.22. The highest BCUT2D eigenvalue weighted by Crippen LogP contribution is 2.38. The lowest BCUT2D eigenvalue weighted by Gasteiger charge is -2.32. The van der Waals surface area contributed by atoms with E-state index in [0.29, 0.717) is 17.7 Å². The summed E-state index contributed by atoms with van der Waals surface area (Å²) in [5.41, 5.74) is 2.79. The summed E-state index contributed by atoms with van der Waals surface area (Å²) in [6, 6.07) is 12.5. The first-order chi connectivity index (χ1) is 14.7. The van der Waals surface area contributed by atoms with Crippen molar-refractivity contribution in [2.24, 2.45) is 5.92 Å².